The first kappa shape index (κ1) is 7.85. The van der Waals surface area contributed by atoms with Crippen LogP contribution in [0.15, 0.2) is 23.5 Å². The lowest BCUT2D eigenvalue weighted by Crippen LogP contribution is -2.09. The molecule has 0 radical (unpaired) electrons. The second-order valence-electron chi connectivity index (χ2n) is 2.69. The molecule has 0 spiro atoms. The summed E-state index contributed by atoms with van der Waals surface area (Å²) in [5, 5.41) is 17.6. The fourth-order valence-electron chi connectivity index (χ4n) is 1.03. The Kier molecular flexibility index (Phi) is 1.98. The van der Waals surface area contributed by atoms with Crippen LogP contribution in [-0.2, 0) is 4.79 Å². The van der Waals surface area contributed by atoms with E-state index in [0.29, 0.717) is 6.42 Å². The molecule has 11 heavy (non-hydrogen) atoms. The highest BCUT2D eigenvalue weighted by Gasteiger charge is 2.17. The molecule has 1 aliphatic carbocycles. The normalized spacial score (nSPS) is 23.9. The fraction of sp³-hybridized carbons (Fsp3) is 0.375. The standard InChI is InChI=1S/C8H10O3/c1-5-2-3-7(9)6(4-5)8(10)11/h3-5,9H,2H2,1H3,(H,10,11). The van der Waals surface area contributed by atoms with Crippen LogP contribution in [0.25, 0.3) is 0 Å². The average Bonchev–Trinajstić information content (AvgIpc) is 1.94. The topological polar surface area (TPSA) is 57.5 Å². The number of aliphatic hydroxyl groups excluding tert-OH is 1. The molecule has 1 rings (SSSR count). The Balaban J connectivity index is 2.90. The van der Waals surface area contributed by atoms with Crippen molar-refractivity contribution in [3.63, 3.8) is 0 Å². The molecule has 0 aromatic rings. The third kappa shape index (κ3) is 1.61. The van der Waals surface area contributed by atoms with Crippen LogP contribution in [0.2, 0.25) is 0 Å². The van der Waals surface area contributed by atoms with Crippen LogP contribution in [0.3, 0.4) is 0 Å². The number of aliphatic hydroxyl groups is 1. The van der Waals surface area contributed by atoms with Gasteiger partial charge in [-0.15, -0.1) is 0 Å². The number of aliphatic carboxylic acids is 1. The summed E-state index contributed by atoms with van der Waals surface area (Å²) in [7, 11) is 0. The average molecular weight is 154 g/mol. The van der Waals surface area contributed by atoms with Crippen molar-refractivity contribution in [2.24, 2.45) is 5.92 Å². The van der Waals surface area contributed by atoms with E-state index < -0.39 is 5.97 Å². The Morgan fingerprint density at radius 1 is 1.73 bits per heavy atom. The molecular formula is C8H10O3. The lowest BCUT2D eigenvalue weighted by atomic mass is 9.97. The molecule has 0 amide bonds. The number of hydrogen-bond acceptors (Lipinski definition) is 2. The van der Waals surface area contributed by atoms with Crippen molar-refractivity contribution in [1.29, 1.82) is 0 Å². The molecule has 0 fully saturated rings. The largest absolute Gasteiger partial charge is 0.507 e. The molecular weight excluding hydrogens is 144 g/mol. The Hall–Kier alpha value is -1.25. The first-order chi connectivity index (χ1) is 5.11. The molecule has 1 atom stereocenters. The maximum atomic E-state index is 10.4. The van der Waals surface area contributed by atoms with E-state index in [4.69, 9.17) is 10.2 Å². The van der Waals surface area contributed by atoms with Gasteiger partial charge in [0.15, 0.2) is 0 Å². The minimum atomic E-state index is -1.06. The minimum absolute atomic E-state index is 0.0174. The summed E-state index contributed by atoms with van der Waals surface area (Å²) in [5.74, 6) is -0.974. The number of hydrogen-bond donors (Lipinski definition) is 2. The monoisotopic (exact) mass is 154 g/mol. The lowest BCUT2D eigenvalue weighted by Gasteiger charge is -2.11. The van der Waals surface area contributed by atoms with Crippen LogP contribution < -0.4 is 0 Å². The Labute approximate surface area is 64.7 Å². The van der Waals surface area contributed by atoms with Crippen LogP contribution in [0.5, 0.6) is 0 Å². The predicted octanol–water partition coefficient (Wildman–Crippen LogP) is 1.48. The molecule has 0 saturated heterocycles. The maximum Gasteiger partial charge on any atom is 0.339 e. The third-order valence-corrected chi connectivity index (χ3v) is 1.64. The number of carbonyl (C=O) groups is 1. The first-order valence-electron chi connectivity index (χ1n) is 3.46. The van der Waals surface area contributed by atoms with Crippen molar-refractivity contribution in [2.45, 2.75) is 13.3 Å². The highest BCUT2D eigenvalue weighted by atomic mass is 16.4. The summed E-state index contributed by atoms with van der Waals surface area (Å²) in [4.78, 5) is 10.4. The zero-order valence-electron chi connectivity index (χ0n) is 6.24. The first-order valence-corrected chi connectivity index (χ1v) is 3.46. The Bertz CT molecular complexity index is 238. The van der Waals surface area contributed by atoms with Crippen molar-refractivity contribution in [3.8, 4) is 0 Å². The van der Waals surface area contributed by atoms with E-state index >= 15 is 0 Å². The highest BCUT2D eigenvalue weighted by Crippen LogP contribution is 2.20. The molecule has 0 aliphatic heterocycles. The van der Waals surface area contributed by atoms with E-state index in [1.165, 1.54) is 6.08 Å². The molecule has 1 aliphatic rings. The van der Waals surface area contributed by atoms with Gasteiger partial charge in [-0.05, 0) is 18.4 Å². The summed E-state index contributed by atoms with van der Waals surface area (Å²) in [6, 6.07) is 0. The molecule has 2 N–H and O–H groups in total. The van der Waals surface area contributed by atoms with Crippen LogP contribution in [0, 0.1) is 5.92 Å². The number of rotatable bonds is 1. The van der Waals surface area contributed by atoms with Gasteiger partial charge in [0.05, 0.1) is 5.57 Å². The summed E-state index contributed by atoms with van der Waals surface area (Å²) >= 11 is 0. The van der Waals surface area contributed by atoms with E-state index in [0.717, 1.165) is 0 Å². The van der Waals surface area contributed by atoms with Crippen molar-refractivity contribution < 1.29 is 15.0 Å². The highest BCUT2D eigenvalue weighted by molar-refractivity contribution is 5.91. The quantitative estimate of drug-likeness (QED) is 0.601. The van der Waals surface area contributed by atoms with E-state index in [1.807, 2.05) is 6.92 Å². The zero-order chi connectivity index (χ0) is 8.43. The van der Waals surface area contributed by atoms with Gasteiger partial charge in [-0.3, -0.25) is 0 Å². The minimum Gasteiger partial charge on any atom is -0.507 e. The van der Waals surface area contributed by atoms with Gasteiger partial charge in [0, 0.05) is 0 Å². The second-order valence-corrected chi connectivity index (χ2v) is 2.69. The smallest absolute Gasteiger partial charge is 0.339 e. The van der Waals surface area contributed by atoms with Crippen LogP contribution >= 0.6 is 0 Å². The molecule has 1 unspecified atom stereocenters. The van der Waals surface area contributed by atoms with E-state index in [2.05, 4.69) is 0 Å². The molecule has 0 aromatic carbocycles. The van der Waals surface area contributed by atoms with Crippen molar-refractivity contribution in [1.82, 2.24) is 0 Å². The fourth-order valence-corrected chi connectivity index (χ4v) is 1.03. The van der Waals surface area contributed by atoms with E-state index in [9.17, 15) is 4.79 Å². The van der Waals surface area contributed by atoms with Gasteiger partial charge in [0.1, 0.15) is 5.76 Å². The van der Waals surface area contributed by atoms with E-state index in [-0.39, 0.29) is 17.3 Å². The van der Waals surface area contributed by atoms with Crippen molar-refractivity contribution in [3.05, 3.63) is 23.5 Å². The van der Waals surface area contributed by atoms with Crippen molar-refractivity contribution in [2.75, 3.05) is 0 Å². The molecule has 0 saturated carbocycles. The summed E-state index contributed by atoms with van der Waals surface area (Å²) in [5.41, 5.74) is 0.0174. The number of carboxylic acids is 1. The number of allylic oxidation sites excluding steroid dienone is 2. The summed E-state index contributed by atoms with van der Waals surface area (Å²) in [6.07, 6.45) is 3.81. The zero-order valence-corrected chi connectivity index (χ0v) is 6.24. The van der Waals surface area contributed by atoms with Crippen LogP contribution in [-0.4, -0.2) is 16.2 Å². The van der Waals surface area contributed by atoms with E-state index in [1.54, 1.807) is 6.08 Å². The van der Waals surface area contributed by atoms with Gasteiger partial charge < -0.3 is 10.2 Å². The van der Waals surface area contributed by atoms with Gasteiger partial charge in [0.2, 0.25) is 0 Å². The third-order valence-electron chi connectivity index (χ3n) is 1.64. The van der Waals surface area contributed by atoms with Crippen molar-refractivity contribution >= 4 is 5.97 Å². The van der Waals surface area contributed by atoms with Gasteiger partial charge in [0.25, 0.3) is 0 Å². The molecule has 3 heteroatoms. The maximum absolute atomic E-state index is 10.4. The molecule has 0 bridgehead atoms. The van der Waals surface area contributed by atoms with Crippen LogP contribution in [0.1, 0.15) is 13.3 Å². The molecule has 0 heterocycles. The van der Waals surface area contributed by atoms with Gasteiger partial charge in [-0.25, -0.2) is 4.79 Å². The SMILES string of the molecule is CC1C=C(C(=O)O)C(O)=CC1. The van der Waals surface area contributed by atoms with Gasteiger partial charge in [-0.1, -0.05) is 13.0 Å². The lowest BCUT2D eigenvalue weighted by molar-refractivity contribution is -0.132. The predicted molar refractivity (Wildman–Crippen MR) is 40.2 cm³/mol. The molecule has 3 nitrogen and oxygen atoms in total. The summed E-state index contributed by atoms with van der Waals surface area (Å²) in [6.45, 7) is 1.91. The number of carboxylic acid groups (broad SMARTS) is 1. The molecule has 60 valence electrons. The Morgan fingerprint density at radius 2 is 2.36 bits per heavy atom. The van der Waals surface area contributed by atoms with Gasteiger partial charge >= 0.3 is 5.97 Å². The Morgan fingerprint density at radius 3 is 2.82 bits per heavy atom. The van der Waals surface area contributed by atoms with Crippen LogP contribution in [0.4, 0.5) is 0 Å². The summed E-state index contributed by atoms with van der Waals surface area (Å²) < 4.78 is 0. The van der Waals surface area contributed by atoms with Gasteiger partial charge in [-0.2, -0.15) is 0 Å². The second kappa shape index (κ2) is 2.78. The molecule has 0 aromatic heterocycles.